The first-order valence-electron chi connectivity index (χ1n) is 6.40. The van der Waals surface area contributed by atoms with Crippen LogP contribution in [0.2, 0.25) is 0 Å². The standard InChI is InChI=1S/C13H20N4O/c14-7-10-5-6-12(8-16-10)17(9-13(15)18)11-3-1-2-4-11/h5-6,8,11H,1-4,7,9,14H2,(H2,15,18). The second kappa shape index (κ2) is 5.82. The molecule has 0 atom stereocenters. The lowest BCUT2D eigenvalue weighted by molar-refractivity contribution is -0.116. The number of rotatable bonds is 5. The first-order chi connectivity index (χ1) is 8.70. The Labute approximate surface area is 107 Å². The summed E-state index contributed by atoms with van der Waals surface area (Å²) in [6, 6.07) is 4.28. The van der Waals surface area contributed by atoms with Gasteiger partial charge in [-0.1, -0.05) is 12.8 Å². The first-order valence-corrected chi connectivity index (χ1v) is 6.40. The average Bonchev–Trinajstić information content (AvgIpc) is 2.89. The number of primary amides is 1. The predicted octanol–water partition coefficient (Wildman–Crippen LogP) is 0.775. The van der Waals surface area contributed by atoms with E-state index in [0.717, 1.165) is 24.2 Å². The Bertz CT molecular complexity index is 398. The van der Waals surface area contributed by atoms with Crippen LogP contribution in [0, 0.1) is 0 Å². The molecule has 5 heteroatoms. The number of anilines is 1. The molecular weight excluding hydrogens is 228 g/mol. The predicted molar refractivity (Wildman–Crippen MR) is 70.9 cm³/mol. The Morgan fingerprint density at radius 2 is 2.11 bits per heavy atom. The van der Waals surface area contributed by atoms with E-state index in [-0.39, 0.29) is 12.5 Å². The Kier molecular flexibility index (Phi) is 4.15. The summed E-state index contributed by atoms with van der Waals surface area (Å²) in [6.07, 6.45) is 6.45. The molecule has 4 N–H and O–H groups in total. The third kappa shape index (κ3) is 2.98. The van der Waals surface area contributed by atoms with Gasteiger partial charge in [-0.15, -0.1) is 0 Å². The normalized spacial score (nSPS) is 15.8. The van der Waals surface area contributed by atoms with E-state index in [0.29, 0.717) is 12.6 Å². The number of pyridine rings is 1. The van der Waals surface area contributed by atoms with E-state index in [1.54, 1.807) is 6.20 Å². The molecule has 0 bridgehead atoms. The molecule has 1 aromatic rings. The molecule has 0 aliphatic heterocycles. The van der Waals surface area contributed by atoms with E-state index in [9.17, 15) is 4.79 Å². The van der Waals surface area contributed by atoms with Crippen LogP contribution < -0.4 is 16.4 Å². The minimum Gasteiger partial charge on any atom is -0.368 e. The van der Waals surface area contributed by atoms with Crippen molar-refractivity contribution in [3.05, 3.63) is 24.0 Å². The number of nitrogens with two attached hydrogens (primary N) is 2. The highest BCUT2D eigenvalue weighted by Gasteiger charge is 2.24. The average molecular weight is 248 g/mol. The van der Waals surface area contributed by atoms with Crippen LogP contribution in [0.15, 0.2) is 18.3 Å². The van der Waals surface area contributed by atoms with Crippen molar-refractivity contribution < 1.29 is 4.79 Å². The van der Waals surface area contributed by atoms with Crippen LogP contribution in [-0.2, 0) is 11.3 Å². The molecule has 0 spiro atoms. The molecule has 98 valence electrons. The fourth-order valence-electron chi connectivity index (χ4n) is 2.52. The van der Waals surface area contributed by atoms with Gasteiger partial charge in [0.15, 0.2) is 0 Å². The third-order valence-corrected chi connectivity index (χ3v) is 3.44. The minimum absolute atomic E-state index is 0.258. The van der Waals surface area contributed by atoms with Crippen molar-refractivity contribution in [2.45, 2.75) is 38.3 Å². The first kappa shape index (κ1) is 12.8. The van der Waals surface area contributed by atoms with Crippen molar-refractivity contribution in [3.63, 3.8) is 0 Å². The lowest BCUT2D eigenvalue weighted by Crippen LogP contribution is -2.40. The molecule has 1 aromatic heterocycles. The molecule has 1 amide bonds. The fraction of sp³-hybridized carbons (Fsp3) is 0.538. The molecule has 0 radical (unpaired) electrons. The summed E-state index contributed by atoms with van der Waals surface area (Å²) in [5.74, 6) is -0.301. The summed E-state index contributed by atoms with van der Waals surface area (Å²) >= 11 is 0. The lowest BCUT2D eigenvalue weighted by Gasteiger charge is -2.29. The van der Waals surface area contributed by atoms with Crippen molar-refractivity contribution in [1.82, 2.24) is 4.98 Å². The monoisotopic (exact) mass is 248 g/mol. The van der Waals surface area contributed by atoms with Crippen LogP contribution >= 0.6 is 0 Å². The van der Waals surface area contributed by atoms with E-state index in [4.69, 9.17) is 11.5 Å². The van der Waals surface area contributed by atoms with Crippen LogP contribution in [0.4, 0.5) is 5.69 Å². The van der Waals surface area contributed by atoms with Gasteiger partial charge in [0.25, 0.3) is 0 Å². The summed E-state index contributed by atoms with van der Waals surface area (Å²) in [7, 11) is 0. The zero-order valence-electron chi connectivity index (χ0n) is 10.5. The van der Waals surface area contributed by atoms with Gasteiger partial charge in [0, 0.05) is 12.6 Å². The molecule has 5 nitrogen and oxygen atoms in total. The molecule has 2 rings (SSSR count). The van der Waals surface area contributed by atoms with Gasteiger partial charge < -0.3 is 16.4 Å². The smallest absolute Gasteiger partial charge is 0.236 e. The number of amides is 1. The highest BCUT2D eigenvalue weighted by Crippen LogP contribution is 2.27. The van der Waals surface area contributed by atoms with Gasteiger partial charge in [-0.3, -0.25) is 9.78 Å². The molecule has 18 heavy (non-hydrogen) atoms. The van der Waals surface area contributed by atoms with Crippen molar-refractivity contribution in [2.24, 2.45) is 11.5 Å². The molecular formula is C13H20N4O. The van der Waals surface area contributed by atoms with E-state index < -0.39 is 0 Å². The fourth-order valence-corrected chi connectivity index (χ4v) is 2.52. The van der Waals surface area contributed by atoms with Gasteiger partial charge in [0.2, 0.25) is 5.91 Å². The molecule has 0 unspecified atom stereocenters. The number of nitrogens with zero attached hydrogens (tertiary/aromatic N) is 2. The Balaban J connectivity index is 2.17. The Morgan fingerprint density at radius 1 is 1.39 bits per heavy atom. The van der Waals surface area contributed by atoms with Gasteiger partial charge in [-0.25, -0.2) is 0 Å². The lowest BCUT2D eigenvalue weighted by atomic mass is 10.2. The van der Waals surface area contributed by atoms with E-state index in [2.05, 4.69) is 9.88 Å². The van der Waals surface area contributed by atoms with Gasteiger partial charge >= 0.3 is 0 Å². The molecule has 0 aromatic carbocycles. The maximum atomic E-state index is 11.2. The summed E-state index contributed by atoms with van der Waals surface area (Å²) in [5, 5.41) is 0. The highest BCUT2D eigenvalue weighted by molar-refractivity contribution is 5.79. The number of aromatic nitrogens is 1. The molecule has 1 heterocycles. The SMILES string of the molecule is NCc1ccc(N(CC(N)=O)C2CCCC2)cn1. The van der Waals surface area contributed by atoms with Crippen LogP contribution in [-0.4, -0.2) is 23.5 Å². The largest absolute Gasteiger partial charge is 0.368 e. The molecule has 1 aliphatic carbocycles. The van der Waals surface area contributed by atoms with Gasteiger partial charge in [0.1, 0.15) is 0 Å². The maximum absolute atomic E-state index is 11.2. The van der Waals surface area contributed by atoms with Crippen molar-refractivity contribution in [1.29, 1.82) is 0 Å². The number of hydrogen-bond acceptors (Lipinski definition) is 4. The number of carbonyl (C=O) groups excluding carboxylic acids is 1. The maximum Gasteiger partial charge on any atom is 0.236 e. The topological polar surface area (TPSA) is 85.2 Å². The van der Waals surface area contributed by atoms with Crippen LogP contribution in [0.1, 0.15) is 31.4 Å². The van der Waals surface area contributed by atoms with E-state index in [1.807, 2.05) is 12.1 Å². The van der Waals surface area contributed by atoms with Gasteiger partial charge in [-0.05, 0) is 25.0 Å². The van der Waals surface area contributed by atoms with Crippen molar-refractivity contribution >= 4 is 11.6 Å². The van der Waals surface area contributed by atoms with Gasteiger partial charge in [-0.2, -0.15) is 0 Å². The van der Waals surface area contributed by atoms with Crippen LogP contribution in [0.25, 0.3) is 0 Å². The molecule has 0 saturated heterocycles. The van der Waals surface area contributed by atoms with E-state index in [1.165, 1.54) is 12.8 Å². The molecule has 1 aliphatic rings. The summed E-state index contributed by atoms with van der Waals surface area (Å²) in [4.78, 5) is 17.6. The second-order valence-corrected chi connectivity index (χ2v) is 4.74. The number of carbonyl (C=O) groups is 1. The van der Waals surface area contributed by atoms with Crippen LogP contribution in [0.3, 0.4) is 0 Å². The number of hydrogen-bond donors (Lipinski definition) is 2. The second-order valence-electron chi connectivity index (χ2n) is 4.74. The molecule has 1 saturated carbocycles. The Hall–Kier alpha value is -1.62. The van der Waals surface area contributed by atoms with Crippen molar-refractivity contribution in [2.75, 3.05) is 11.4 Å². The summed E-state index contributed by atoms with van der Waals surface area (Å²) in [6.45, 7) is 0.688. The van der Waals surface area contributed by atoms with Gasteiger partial charge in [0.05, 0.1) is 24.1 Å². The zero-order chi connectivity index (χ0) is 13.0. The van der Waals surface area contributed by atoms with E-state index >= 15 is 0 Å². The third-order valence-electron chi connectivity index (χ3n) is 3.44. The van der Waals surface area contributed by atoms with Crippen molar-refractivity contribution in [3.8, 4) is 0 Å². The quantitative estimate of drug-likeness (QED) is 0.806. The zero-order valence-corrected chi connectivity index (χ0v) is 10.5. The highest BCUT2D eigenvalue weighted by atomic mass is 16.1. The Morgan fingerprint density at radius 3 is 2.61 bits per heavy atom. The molecule has 1 fully saturated rings. The minimum atomic E-state index is -0.301. The van der Waals surface area contributed by atoms with Crippen LogP contribution in [0.5, 0.6) is 0 Å². The summed E-state index contributed by atoms with van der Waals surface area (Å²) < 4.78 is 0. The summed E-state index contributed by atoms with van der Waals surface area (Å²) in [5.41, 5.74) is 12.7.